The third kappa shape index (κ3) is 8.38. The van der Waals surface area contributed by atoms with Gasteiger partial charge < -0.3 is 38.7 Å². The molecule has 14 nitrogen and oxygen atoms in total. The van der Waals surface area contributed by atoms with E-state index in [1.807, 2.05) is 31.2 Å². The molecule has 3 aromatic carbocycles. The van der Waals surface area contributed by atoms with Crippen molar-refractivity contribution in [2.24, 2.45) is 0 Å². The smallest absolute Gasteiger partial charge is 0.278 e. The first-order valence-electron chi connectivity index (χ1n) is 18.1. The van der Waals surface area contributed by atoms with E-state index < -0.39 is 0 Å². The Bertz CT molecular complexity index is 2290. The van der Waals surface area contributed by atoms with E-state index in [0.717, 1.165) is 26.8 Å². The first-order chi connectivity index (χ1) is 27.2. The molecular weight excluding hydrogens is 742 g/mol. The maximum absolute atomic E-state index is 14.2. The summed E-state index contributed by atoms with van der Waals surface area (Å²) in [5.41, 5.74) is 4.40. The quantitative estimate of drug-likeness (QED) is 0.0739. The second-order valence-corrected chi connectivity index (χ2v) is 13.5. The zero-order chi connectivity index (χ0) is 39.2. The number of phenols is 1. The zero-order valence-corrected chi connectivity index (χ0v) is 31.4. The second kappa shape index (κ2) is 17.3. The van der Waals surface area contributed by atoms with Crippen LogP contribution in [-0.4, -0.2) is 108 Å². The Kier molecular flexibility index (Phi) is 11.9. The molecule has 5 aromatic rings. The number of alkyl halides is 1. The predicted octanol–water partition coefficient (Wildman–Crippen LogP) is 5.09. The highest BCUT2D eigenvalue weighted by Crippen LogP contribution is 2.47. The molecule has 2 N–H and O–H groups in total. The number of fused-ring (bicyclic) bond motifs is 4. The Labute approximate surface area is 327 Å². The molecular formula is C41H40ClN5O9. The number of aromatic hydroxyl groups is 1. The Morgan fingerprint density at radius 2 is 1.59 bits per heavy atom. The highest BCUT2D eigenvalue weighted by atomic mass is 35.5. The van der Waals surface area contributed by atoms with Gasteiger partial charge in [0.15, 0.2) is 0 Å². The van der Waals surface area contributed by atoms with E-state index in [1.54, 1.807) is 33.8 Å². The molecule has 0 bridgehead atoms. The topological polar surface area (TPSA) is 161 Å². The lowest BCUT2D eigenvalue weighted by atomic mass is 9.92. The number of pyridine rings is 1. The van der Waals surface area contributed by atoms with E-state index in [4.69, 9.17) is 30.5 Å². The maximum Gasteiger partial charge on any atom is 0.278 e. The van der Waals surface area contributed by atoms with Crippen molar-refractivity contribution in [1.29, 1.82) is 0 Å². The molecule has 290 valence electrons. The summed E-state index contributed by atoms with van der Waals surface area (Å²) in [6.07, 6.45) is 5.82. The number of benzene rings is 3. The molecule has 0 aliphatic carbocycles. The number of carbonyl (C=O) groups is 4. The number of hydrogen-bond donors (Lipinski definition) is 2. The molecule has 4 heterocycles. The summed E-state index contributed by atoms with van der Waals surface area (Å²) in [6, 6.07) is 17.3. The van der Waals surface area contributed by atoms with Crippen molar-refractivity contribution < 1.29 is 43.2 Å². The van der Waals surface area contributed by atoms with Crippen molar-refractivity contribution in [1.82, 2.24) is 14.3 Å². The number of rotatable bonds is 17. The number of halogens is 1. The van der Waals surface area contributed by atoms with Crippen LogP contribution in [0, 0.1) is 6.92 Å². The maximum atomic E-state index is 14.2. The molecule has 0 fully saturated rings. The minimum absolute atomic E-state index is 0.0672. The summed E-state index contributed by atoms with van der Waals surface area (Å²) >= 11 is 6.54. The summed E-state index contributed by atoms with van der Waals surface area (Å²) in [5.74, 6) is -0.416. The highest BCUT2D eigenvalue weighted by molar-refractivity contribution is 6.19. The van der Waals surface area contributed by atoms with Crippen molar-refractivity contribution >= 4 is 63.0 Å². The minimum atomic E-state index is -0.343. The van der Waals surface area contributed by atoms with Crippen LogP contribution in [0.3, 0.4) is 0 Å². The highest BCUT2D eigenvalue weighted by Gasteiger charge is 2.36. The molecule has 0 spiro atoms. The number of amides is 4. The van der Waals surface area contributed by atoms with Crippen LogP contribution in [0.4, 0.5) is 11.4 Å². The molecule has 0 radical (unpaired) electrons. The Morgan fingerprint density at radius 1 is 0.893 bits per heavy atom. The van der Waals surface area contributed by atoms with Gasteiger partial charge in [-0.2, -0.15) is 0 Å². The van der Waals surface area contributed by atoms with Crippen molar-refractivity contribution in [3.8, 4) is 11.5 Å². The van der Waals surface area contributed by atoms with Crippen LogP contribution in [0.15, 0.2) is 85.2 Å². The second-order valence-electron chi connectivity index (χ2n) is 13.2. The first-order valence-corrected chi connectivity index (χ1v) is 18.7. The predicted molar refractivity (Wildman–Crippen MR) is 209 cm³/mol. The van der Waals surface area contributed by atoms with Crippen LogP contribution in [0.1, 0.15) is 37.9 Å². The molecule has 1 unspecified atom stereocenters. The largest absolute Gasteiger partial charge is 0.508 e. The van der Waals surface area contributed by atoms with E-state index in [0.29, 0.717) is 73.8 Å². The average Bonchev–Trinajstić information content (AvgIpc) is 3.89. The number of anilines is 2. The first kappa shape index (κ1) is 38.5. The number of nitrogens with one attached hydrogen (secondary N) is 1. The Balaban J connectivity index is 0.966. The summed E-state index contributed by atoms with van der Waals surface area (Å²) in [5, 5.41) is 14.3. The van der Waals surface area contributed by atoms with Crippen LogP contribution in [0.25, 0.3) is 16.4 Å². The molecule has 2 aliphatic rings. The minimum Gasteiger partial charge on any atom is -0.508 e. The number of aryl methyl sites for hydroxylation is 1. The number of carbonyl (C=O) groups excluding carboxylic acids is 4. The monoisotopic (exact) mass is 781 g/mol. The molecule has 1 atom stereocenters. The van der Waals surface area contributed by atoms with E-state index in [9.17, 15) is 24.3 Å². The van der Waals surface area contributed by atoms with Gasteiger partial charge in [-0.25, -0.2) is 4.98 Å². The number of aromatic nitrogens is 2. The van der Waals surface area contributed by atoms with Gasteiger partial charge in [0.1, 0.15) is 29.4 Å². The van der Waals surface area contributed by atoms with Gasteiger partial charge in [-0.1, -0.05) is 18.2 Å². The summed E-state index contributed by atoms with van der Waals surface area (Å²) in [4.78, 5) is 57.5. The van der Waals surface area contributed by atoms with Crippen molar-refractivity contribution in [3.63, 3.8) is 0 Å². The number of ether oxygens (including phenoxy) is 4. The van der Waals surface area contributed by atoms with Crippen molar-refractivity contribution in [2.45, 2.75) is 12.8 Å². The van der Waals surface area contributed by atoms with E-state index in [-0.39, 0.29) is 60.7 Å². The molecule has 56 heavy (non-hydrogen) atoms. The van der Waals surface area contributed by atoms with Gasteiger partial charge in [0.25, 0.3) is 23.6 Å². The van der Waals surface area contributed by atoms with Crippen LogP contribution < -0.4 is 15.0 Å². The third-order valence-electron chi connectivity index (χ3n) is 9.53. The normalized spacial score (nSPS) is 15.0. The Morgan fingerprint density at radius 3 is 2.30 bits per heavy atom. The summed E-state index contributed by atoms with van der Waals surface area (Å²) < 4.78 is 24.7. The lowest BCUT2D eigenvalue weighted by Gasteiger charge is -2.19. The summed E-state index contributed by atoms with van der Waals surface area (Å²) in [6.45, 7) is 4.77. The molecule has 7 rings (SSSR count). The number of hydrogen-bond acceptors (Lipinski definition) is 10. The van der Waals surface area contributed by atoms with Crippen LogP contribution in [0.2, 0.25) is 0 Å². The molecule has 2 aliphatic heterocycles. The van der Waals surface area contributed by atoms with Gasteiger partial charge in [0.2, 0.25) is 0 Å². The summed E-state index contributed by atoms with van der Waals surface area (Å²) in [7, 11) is 0. The van der Waals surface area contributed by atoms with Gasteiger partial charge in [0.05, 0.1) is 57.6 Å². The van der Waals surface area contributed by atoms with Crippen molar-refractivity contribution in [3.05, 3.63) is 108 Å². The van der Waals surface area contributed by atoms with E-state index in [2.05, 4.69) is 10.3 Å². The zero-order valence-electron chi connectivity index (χ0n) is 30.6. The molecule has 2 aromatic heterocycles. The number of phenolic OH excluding ortho intramolecular Hbond substituents is 1. The van der Waals surface area contributed by atoms with Crippen LogP contribution >= 0.6 is 11.6 Å². The SMILES string of the molecule is Cc1cccc2c(OCCOCCOCCOCCN3C(=O)C=CC3=O)cc3c(c12)C(CCl)CN3C(=O)c1cn2cc(NC(=O)c3ccc(O)cc3)ccc2n1. The average molecular weight is 782 g/mol. The molecule has 0 saturated heterocycles. The Hall–Kier alpha value is -5.80. The van der Waals surface area contributed by atoms with E-state index in [1.165, 1.54) is 36.4 Å². The van der Waals surface area contributed by atoms with Crippen molar-refractivity contribution in [2.75, 3.05) is 75.4 Å². The standard InChI is InChI=1S/C41H40ClN5O9/c1-26-3-2-4-31-34(56-20-19-55-18-17-54-16-15-53-14-13-46-36(49)11-12-37(46)50)21-33-39(38(26)31)28(22-42)23-47(33)41(52)32-25-45-24-29(7-10-35(45)44-32)43-40(51)27-5-8-30(48)9-6-27/h2-12,21,24-25,28,48H,13-20,22-23H2,1H3,(H,43,51). The van der Waals surface area contributed by atoms with Gasteiger partial charge in [-0.15, -0.1) is 11.6 Å². The fourth-order valence-electron chi connectivity index (χ4n) is 6.81. The van der Waals surface area contributed by atoms with Gasteiger partial charge in [-0.3, -0.25) is 24.1 Å². The third-order valence-corrected chi connectivity index (χ3v) is 9.90. The number of nitrogens with zero attached hydrogens (tertiary/aromatic N) is 4. The van der Waals surface area contributed by atoms with E-state index >= 15 is 0 Å². The lowest BCUT2D eigenvalue weighted by molar-refractivity contribution is -0.137. The fraction of sp³-hybridized carbons (Fsp3) is 0.293. The molecule has 15 heteroatoms. The number of imide groups is 1. The van der Waals surface area contributed by atoms with Gasteiger partial charge in [-0.05, 0) is 59.8 Å². The molecule has 0 saturated carbocycles. The molecule has 4 amide bonds. The lowest BCUT2D eigenvalue weighted by Crippen LogP contribution is -2.33. The fourth-order valence-corrected chi connectivity index (χ4v) is 7.06. The number of imidazole rings is 1. The van der Waals surface area contributed by atoms with Gasteiger partial charge in [0, 0.05) is 59.9 Å². The van der Waals surface area contributed by atoms with Crippen LogP contribution in [0.5, 0.6) is 11.5 Å². The van der Waals surface area contributed by atoms with Gasteiger partial charge >= 0.3 is 0 Å². The van der Waals surface area contributed by atoms with Crippen LogP contribution in [-0.2, 0) is 23.8 Å².